The molecule has 1 aliphatic rings. The number of hydrogen-bond acceptors (Lipinski definition) is 6. The number of halogens is 1. The van der Waals surface area contributed by atoms with Crippen LogP contribution in [-0.4, -0.2) is 45.8 Å². The smallest absolute Gasteiger partial charge is 0.335 e. The van der Waals surface area contributed by atoms with Crippen LogP contribution in [0.1, 0.15) is 22.8 Å². The van der Waals surface area contributed by atoms with Crippen molar-refractivity contribution in [2.75, 3.05) is 13.7 Å². The first kappa shape index (κ1) is 21.2. The lowest BCUT2D eigenvalue weighted by atomic mass is 10.2. The second-order valence-corrected chi connectivity index (χ2v) is 8.17. The van der Waals surface area contributed by atoms with E-state index in [1.807, 2.05) is 29.5 Å². The zero-order valence-corrected chi connectivity index (χ0v) is 18.5. The Balaban J connectivity index is 1.89. The number of carbonyl (C=O) groups excluding carboxylic acids is 1. The monoisotopic (exact) mass is 524 g/mol. The van der Waals surface area contributed by atoms with Crippen LogP contribution in [0.25, 0.3) is 6.08 Å². The Morgan fingerprint density at radius 3 is 2.62 bits per heavy atom. The molecule has 0 bridgehead atoms. The third-order valence-corrected chi connectivity index (χ3v) is 5.87. The molecule has 29 heavy (non-hydrogen) atoms. The van der Waals surface area contributed by atoms with Crippen LogP contribution in [-0.2, 0) is 4.79 Å². The Morgan fingerprint density at radius 1 is 1.31 bits per heavy atom. The molecule has 0 saturated carbocycles. The summed E-state index contributed by atoms with van der Waals surface area (Å²) in [6, 6.07) is 9.56. The summed E-state index contributed by atoms with van der Waals surface area (Å²) >= 11 is 3.23. The third kappa shape index (κ3) is 4.73. The highest BCUT2D eigenvalue weighted by atomic mass is 127. The lowest BCUT2D eigenvalue weighted by molar-refractivity contribution is -0.121. The number of carboxylic acid groups (broad SMARTS) is 1. The highest BCUT2D eigenvalue weighted by Crippen LogP contribution is 2.37. The summed E-state index contributed by atoms with van der Waals surface area (Å²) in [6.45, 7) is 2.24. The van der Waals surface area contributed by atoms with Gasteiger partial charge in [-0.3, -0.25) is 9.69 Å². The minimum Gasteiger partial charge on any atom is -0.504 e. The largest absolute Gasteiger partial charge is 0.504 e. The number of carboxylic acids is 1. The Morgan fingerprint density at radius 2 is 2.00 bits per heavy atom. The van der Waals surface area contributed by atoms with E-state index in [9.17, 15) is 14.7 Å². The number of nitrogens with zero attached hydrogens (tertiary/aromatic N) is 2. The van der Waals surface area contributed by atoms with Crippen LogP contribution < -0.4 is 4.74 Å². The molecule has 7 nitrogen and oxygen atoms in total. The minimum atomic E-state index is -1.01. The maximum absolute atomic E-state index is 12.6. The Hall–Kier alpha value is -2.53. The number of hydrogen-bond donors (Lipinski definition) is 2. The van der Waals surface area contributed by atoms with Gasteiger partial charge in [-0.25, -0.2) is 9.79 Å². The van der Waals surface area contributed by atoms with Gasteiger partial charge in [0.05, 0.1) is 26.3 Å². The van der Waals surface area contributed by atoms with E-state index in [-0.39, 0.29) is 17.2 Å². The van der Waals surface area contributed by atoms with Gasteiger partial charge in [0.2, 0.25) is 0 Å². The molecule has 2 aromatic carbocycles. The molecule has 1 amide bonds. The van der Waals surface area contributed by atoms with Crippen LogP contribution >= 0.6 is 34.4 Å². The first-order valence-corrected chi connectivity index (χ1v) is 10.4. The second kappa shape index (κ2) is 8.87. The van der Waals surface area contributed by atoms with Crippen LogP contribution in [0.5, 0.6) is 11.5 Å². The molecule has 2 N–H and O–H groups in total. The van der Waals surface area contributed by atoms with Crippen molar-refractivity contribution in [2.24, 2.45) is 4.99 Å². The first-order valence-electron chi connectivity index (χ1n) is 8.55. The van der Waals surface area contributed by atoms with Crippen molar-refractivity contribution >= 4 is 63.2 Å². The molecule has 2 aromatic rings. The highest BCUT2D eigenvalue weighted by Gasteiger charge is 2.30. The molecule has 9 heteroatoms. The van der Waals surface area contributed by atoms with Crippen molar-refractivity contribution in [2.45, 2.75) is 6.92 Å². The number of aromatic hydroxyl groups is 1. The zero-order chi connectivity index (χ0) is 21.1. The molecule has 0 unspecified atom stereocenters. The summed E-state index contributed by atoms with van der Waals surface area (Å²) < 4.78 is 6.07. The van der Waals surface area contributed by atoms with Crippen LogP contribution in [0, 0.1) is 3.57 Å². The second-order valence-electron chi connectivity index (χ2n) is 6.00. The predicted molar refractivity (Wildman–Crippen MR) is 121 cm³/mol. The average molecular weight is 524 g/mol. The molecule has 1 saturated heterocycles. The summed E-state index contributed by atoms with van der Waals surface area (Å²) in [5.74, 6) is -0.768. The maximum Gasteiger partial charge on any atom is 0.335 e. The van der Waals surface area contributed by atoms with Crippen molar-refractivity contribution in [3.05, 3.63) is 56.0 Å². The molecule has 1 heterocycles. The van der Waals surface area contributed by atoms with Gasteiger partial charge in [-0.2, -0.15) is 0 Å². The fourth-order valence-corrected chi connectivity index (χ4v) is 4.15. The topological polar surface area (TPSA) is 99.4 Å². The number of phenolic OH excluding ortho intramolecular Hbond substituents is 1. The fourth-order valence-electron chi connectivity index (χ4n) is 2.53. The van der Waals surface area contributed by atoms with Gasteiger partial charge in [-0.15, -0.1) is 0 Å². The molecule has 0 spiro atoms. The number of thioether (sulfide) groups is 1. The summed E-state index contributed by atoms with van der Waals surface area (Å²) in [6.07, 6.45) is 1.73. The van der Waals surface area contributed by atoms with Crippen molar-refractivity contribution in [1.82, 2.24) is 4.90 Å². The van der Waals surface area contributed by atoms with E-state index in [1.54, 1.807) is 37.4 Å². The summed E-state index contributed by atoms with van der Waals surface area (Å²) in [7, 11) is 1.63. The summed E-state index contributed by atoms with van der Waals surface area (Å²) in [4.78, 5) is 29.9. The van der Waals surface area contributed by atoms with Gasteiger partial charge in [0.25, 0.3) is 5.91 Å². The summed E-state index contributed by atoms with van der Waals surface area (Å²) in [5.41, 5.74) is 1.45. The number of amidine groups is 1. The SMILES string of the molecule is CCOc1cc(C=C2SC(=Nc3ccc(C(=O)O)cc3)N(C)C2=O)cc(I)c1O. The normalized spacial score (nSPS) is 16.7. The molecule has 150 valence electrons. The minimum absolute atomic E-state index is 0.0733. The lowest BCUT2D eigenvalue weighted by Gasteiger charge is -2.09. The van der Waals surface area contributed by atoms with E-state index in [1.165, 1.54) is 28.8 Å². The van der Waals surface area contributed by atoms with Gasteiger partial charge in [-0.05, 0) is 89.3 Å². The Kier molecular flexibility index (Phi) is 6.48. The molecule has 1 aliphatic heterocycles. The molecule has 0 aliphatic carbocycles. The molecule has 0 aromatic heterocycles. The number of likely N-dealkylation sites (N-methyl/N-ethyl adjacent to an activating group) is 1. The number of ether oxygens (including phenoxy) is 1. The molecular formula is C20H17IN2O5S. The van der Waals surface area contributed by atoms with Crippen LogP contribution in [0.3, 0.4) is 0 Å². The standard InChI is InChI=1S/C20H17IN2O5S/c1-3-28-15-9-11(8-14(21)17(15)24)10-16-18(25)23(2)20(29-16)22-13-6-4-12(5-7-13)19(26)27/h4-10,24H,3H2,1-2H3,(H,26,27). The number of rotatable bonds is 5. The number of benzene rings is 2. The van der Waals surface area contributed by atoms with Gasteiger partial charge in [0.15, 0.2) is 16.7 Å². The van der Waals surface area contributed by atoms with E-state index in [0.717, 1.165) is 5.56 Å². The Bertz CT molecular complexity index is 1030. The number of carbonyl (C=O) groups is 2. The first-order chi connectivity index (χ1) is 13.8. The van der Waals surface area contributed by atoms with E-state index in [0.29, 0.717) is 31.7 Å². The number of aromatic carboxylic acids is 1. The quantitative estimate of drug-likeness (QED) is 0.447. The van der Waals surface area contributed by atoms with Gasteiger partial charge in [-0.1, -0.05) is 0 Å². The van der Waals surface area contributed by atoms with Gasteiger partial charge >= 0.3 is 5.97 Å². The van der Waals surface area contributed by atoms with Crippen molar-refractivity contribution < 1.29 is 24.5 Å². The van der Waals surface area contributed by atoms with Gasteiger partial charge < -0.3 is 14.9 Å². The highest BCUT2D eigenvalue weighted by molar-refractivity contribution is 14.1. The average Bonchev–Trinajstić information content (AvgIpc) is 2.94. The number of amides is 1. The molecular weight excluding hydrogens is 507 g/mol. The van der Waals surface area contributed by atoms with Crippen LogP contribution in [0.15, 0.2) is 46.3 Å². The van der Waals surface area contributed by atoms with E-state index >= 15 is 0 Å². The number of aliphatic imine (C=N–C) groups is 1. The van der Waals surface area contributed by atoms with Crippen LogP contribution in [0.2, 0.25) is 0 Å². The van der Waals surface area contributed by atoms with Gasteiger partial charge in [0, 0.05) is 7.05 Å². The molecule has 0 atom stereocenters. The molecule has 1 fully saturated rings. The van der Waals surface area contributed by atoms with Crippen LogP contribution in [0.4, 0.5) is 5.69 Å². The predicted octanol–water partition coefficient (Wildman–Crippen LogP) is 4.33. The maximum atomic E-state index is 12.6. The molecule has 3 rings (SSSR count). The molecule has 0 radical (unpaired) electrons. The fraction of sp³-hybridized carbons (Fsp3) is 0.150. The van der Waals surface area contributed by atoms with Crippen molar-refractivity contribution in [3.8, 4) is 11.5 Å². The number of phenols is 1. The van der Waals surface area contributed by atoms with Crippen molar-refractivity contribution in [3.63, 3.8) is 0 Å². The van der Waals surface area contributed by atoms with Gasteiger partial charge in [0.1, 0.15) is 0 Å². The van der Waals surface area contributed by atoms with E-state index in [4.69, 9.17) is 9.84 Å². The summed E-state index contributed by atoms with van der Waals surface area (Å²) in [5, 5.41) is 19.5. The third-order valence-electron chi connectivity index (χ3n) is 3.99. The van der Waals surface area contributed by atoms with Crippen molar-refractivity contribution in [1.29, 1.82) is 0 Å². The Labute approximate surface area is 185 Å². The van der Waals surface area contributed by atoms with E-state index < -0.39 is 5.97 Å². The van der Waals surface area contributed by atoms with E-state index in [2.05, 4.69) is 4.99 Å². The lowest BCUT2D eigenvalue weighted by Crippen LogP contribution is -2.23. The zero-order valence-electron chi connectivity index (χ0n) is 15.5.